The summed E-state index contributed by atoms with van der Waals surface area (Å²) in [6.45, 7) is 4.58. The van der Waals surface area contributed by atoms with Crippen LogP contribution < -0.4 is 10.6 Å². The molecule has 2 unspecified atom stereocenters. The van der Waals surface area contributed by atoms with E-state index < -0.39 is 0 Å². The molecule has 0 aliphatic heterocycles. The Kier molecular flexibility index (Phi) is 15.4. The fourth-order valence-electron chi connectivity index (χ4n) is 1.90. The molecule has 0 N–H and O–H groups in total. The van der Waals surface area contributed by atoms with Gasteiger partial charge in [-0.25, -0.2) is 0 Å². The van der Waals surface area contributed by atoms with Gasteiger partial charge >= 0.3 is 21.1 Å². The first-order chi connectivity index (χ1) is 10.7. The summed E-state index contributed by atoms with van der Waals surface area (Å²) < 4.78 is 0. The van der Waals surface area contributed by atoms with Crippen molar-refractivity contribution in [1.29, 1.82) is 0 Å². The predicted molar refractivity (Wildman–Crippen MR) is 112 cm³/mol. The Hall–Kier alpha value is 0.688. The van der Waals surface area contributed by atoms with Gasteiger partial charge in [0.25, 0.3) is 0 Å². The summed E-state index contributed by atoms with van der Waals surface area (Å²) in [6.07, 6.45) is 2.35. The maximum Gasteiger partial charge on any atom is 2.00 e. The van der Waals surface area contributed by atoms with E-state index in [9.17, 15) is 0 Å². The summed E-state index contributed by atoms with van der Waals surface area (Å²) >= 11 is 9.89. The van der Waals surface area contributed by atoms with Crippen molar-refractivity contribution in [2.24, 2.45) is 0 Å². The minimum Gasteiger partial charge on any atom is -0.792 e. The molecule has 0 aliphatic rings. The number of benzene rings is 2. The number of hydrogen-bond acceptors (Lipinski definition) is 2. The van der Waals surface area contributed by atoms with Crippen LogP contribution in [0.2, 0.25) is 0 Å². The fraction of sp³-hybridized carbons (Fsp3) is 0.333. The first-order valence-corrected chi connectivity index (χ1v) is 12.5. The van der Waals surface area contributed by atoms with Crippen molar-refractivity contribution < 1.29 is 21.1 Å². The normalized spacial score (nSPS) is 12.3. The molecule has 0 bridgehead atoms. The van der Waals surface area contributed by atoms with Crippen LogP contribution in [0.15, 0.2) is 60.7 Å². The molecule has 128 valence electrons. The zero-order valence-electron chi connectivity index (χ0n) is 13.6. The largest absolute Gasteiger partial charge is 2.00 e. The van der Waals surface area contributed by atoms with Crippen molar-refractivity contribution in [1.82, 2.24) is 0 Å². The van der Waals surface area contributed by atoms with E-state index in [2.05, 4.69) is 74.0 Å². The van der Waals surface area contributed by atoms with Crippen molar-refractivity contribution >= 4 is 51.7 Å². The SMILES string of the molecule is CP(CC[S-])c1ccccc1.CP(CC[S-])c1ccccc1.[Pt+2]. The van der Waals surface area contributed by atoms with Crippen molar-refractivity contribution in [2.75, 3.05) is 37.2 Å². The molecule has 23 heavy (non-hydrogen) atoms. The van der Waals surface area contributed by atoms with Gasteiger partial charge in [0.2, 0.25) is 0 Å². The quantitative estimate of drug-likeness (QED) is 0.387. The van der Waals surface area contributed by atoms with Crippen LogP contribution in [-0.2, 0) is 46.3 Å². The summed E-state index contributed by atoms with van der Waals surface area (Å²) in [7, 11) is 0.0401. The molecule has 0 nitrogen and oxygen atoms in total. The summed E-state index contributed by atoms with van der Waals surface area (Å²) in [5.41, 5.74) is 0. The predicted octanol–water partition coefficient (Wildman–Crippen LogP) is 3.94. The third kappa shape index (κ3) is 10.3. The van der Waals surface area contributed by atoms with Gasteiger partial charge in [0.05, 0.1) is 0 Å². The molecular weight excluding hydrogens is 537 g/mol. The minimum absolute atomic E-state index is 0. The van der Waals surface area contributed by atoms with Gasteiger partial charge in [0.1, 0.15) is 0 Å². The Bertz CT molecular complexity index is 449. The number of rotatable bonds is 6. The maximum absolute atomic E-state index is 4.94. The van der Waals surface area contributed by atoms with Gasteiger partial charge in [-0.1, -0.05) is 88.8 Å². The van der Waals surface area contributed by atoms with E-state index in [1.165, 1.54) is 22.9 Å². The van der Waals surface area contributed by atoms with Crippen LogP contribution in [0.1, 0.15) is 0 Å². The molecule has 2 aromatic rings. The van der Waals surface area contributed by atoms with Gasteiger partial charge in [-0.15, -0.1) is 0 Å². The van der Waals surface area contributed by atoms with E-state index in [1.54, 1.807) is 0 Å². The average Bonchev–Trinajstić information content (AvgIpc) is 2.57. The van der Waals surface area contributed by atoms with Gasteiger partial charge < -0.3 is 25.3 Å². The van der Waals surface area contributed by atoms with E-state index in [4.69, 9.17) is 25.3 Å². The van der Waals surface area contributed by atoms with E-state index in [0.29, 0.717) is 0 Å². The molecular formula is C18H24P2PtS2. The zero-order chi connectivity index (χ0) is 16.2. The van der Waals surface area contributed by atoms with Gasteiger partial charge in [-0.2, -0.15) is 11.5 Å². The van der Waals surface area contributed by atoms with Crippen LogP contribution in [0.3, 0.4) is 0 Å². The van der Waals surface area contributed by atoms with Crippen LogP contribution in [0.25, 0.3) is 0 Å². The van der Waals surface area contributed by atoms with Crippen LogP contribution >= 0.6 is 15.8 Å². The summed E-state index contributed by atoms with van der Waals surface area (Å²) in [4.78, 5) is 0. The first-order valence-electron chi connectivity index (χ1n) is 7.37. The standard InChI is InChI=1S/2C9H13PS.Pt/c2*1-10(7-8-11)9-5-3-2-4-6-9;/h2*2-6,11H,7-8H2,1H3;/q;;+2/p-2. The Morgan fingerprint density at radius 1 is 0.652 bits per heavy atom. The molecule has 0 spiro atoms. The van der Waals surface area contributed by atoms with Crippen LogP contribution in [0, 0.1) is 0 Å². The third-order valence-corrected chi connectivity index (χ3v) is 8.41. The van der Waals surface area contributed by atoms with Gasteiger partial charge in [-0.05, 0) is 23.9 Å². The minimum atomic E-state index is 0. The molecule has 0 radical (unpaired) electrons. The second kappa shape index (κ2) is 15.0. The van der Waals surface area contributed by atoms with E-state index in [0.717, 1.165) is 11.5 Å². The molecule has 0 saturated heterocycles. The molecule has 2 atom stereocenters. The maximum atomic E-state index is 4.94. The van der Waals surface area contributed by atoms with E-state index in [1.807, 2.05) is 0 Å². The second-order valence-corrected chi connectivity index (χ2v) is 10.5. The Balaban J connectivity index is 0.000000403. The van der Waals surface area contributed by atoms with Crippen molar-refractivity contribution in [3.63, 3.8) is 0 Å². The molecule has 0 amide bonds. The molecule has 0 aromatic heterocycles. The Labute approximate surface area is 169 Å². The molecule has 0 fully saturated rings. The van der Waals surface area contributed by atoms with E-state index >= 15 is 0 Å². The van der Waals surface area contributed by atoms with Gasteiger partial charge in [-0.3, -0.25) is 0 Å². The number of hydrogen-bond donors (Lipinski definition) is 0. The van der Waals surface area contributed by atoms with Crippen LogP contribution in [-0.4, -0.2) is 37.2 Å². The van der Waals surface area contributed by atoms with Gasteiger partial charge in [0, 0.05) is 0 Å². The van der Waals surface area contributed by atoms with Crippen LogP contribution in [0.4, 0.5) is 0 Å². The third-order valence-electron chi connectivity index (χ3n) is 3.25. The summed E-state index contributed by atoms with van der Waals surface area (Å²) in [6, 6.07) is 21.3. The van der Waals surface area contributed by atoms with Gasteiger partial charge in [0.15, 0.2) is 0 Å². The van der Waals surface area contributed by atoms with Crippen LogP contribution in [0.5, 0.6) is 0 Å². The van der Waals surface area contributed by atoms with Crippen molar-refractivity contribution in [3.05, 3.63) is 60.7 Å². The molecule has 2 rings (SSSR count). The van der Waals surface area contributed by atoms with E-state index in [-0.39, 0.29) is 36.9 Å². The molecule has 0 heterocycles. The summed E-state index contributed by atoms with van der Waals surface area (Å²) in [5.74, 6) is 1.77. The molecule has 0 saturated carbocycles. The second-order valence-electron chi connectivity index (χ2n) is 4.92. The zero-order valence-corrected chi connectivity index (χ0v) is 19.3. The Morgan fingerprint density at radius 2 is 0.957 bits per heavy atom. The molecule has 2 aromatic carbocycles. The average molecular weight is 562 g/mol. The monoisotopic (exact) mass is 561 g/mol. The Morgan fingerprint density at radius 3 is 1.22 bits per heavy atom. The fourth-order valence-corrected chi connectivity index (χ4v) is 5.97. The van der Waals surface area contributed by atoms with Crippen molar-refractivity contribution in [2.45, 2.75) is 0 Å². The first kappa shape index (κ1) is 23.7. The smallest absolute Gasteiger partial charge is 0.792 e. The topological polar surface area (TPSA) is 0 Å². The molecule has 0 aliphatic carbocycles. The summed E-state index contributed by atoms with van der Waals surface area (Å²) in [5, 5.41) is 2.93. The molecule has 5 heteroatoms. The van der Waals surface area contributed by atoms with Crippen molar-refractivity contribution in [3.8, 4) is 0 Å².